The lowest BCUT2D eigenvalue weighted by Crippen LogP contribution is -2.50. The summed E-state index contributed by atoms with van der Waals surface area (Å²) in [6, 6.07) is 5.71. The number of hydrogen-bond acceptors (Lipinski definition) is 6. The zero-order chi connectivity index (χ0) is 20.4. The predicted molar refractivity (Wildman–Crippen MR) is 106 cm³/mol. The van der Waals surface area contributed by atoms with Crippen molar-refractivity contribution in [3.8, 4) is 5.75 Å². The highest BCUT2D eigenvalue weighted by molar-refractivity contribution is 7.91. The molecule has 1 saturated heterocycles. The molecule has 9 heteroatoms. The molecule has 1 atom stereocenters. The van der Waals surface area contributed by atoms with Crippen LogP contribution in [-0.2, 0) is 24.5 Å². The smallest absolute Gasteiger partial charge is 0.261 e. The molecule has 1 aliphatic heterocycles. The SMILES string of the molecule is CS(=O)(=O)c1ccc(OCC(=O)N(C2CCCCC2)C2CCS(=O)(=O)C2)cc1. The van der Waals surface area contributed by atoms with Gasteiger partial charge in [-0.05, 0) is 43.5 Å². The number of nitrogens with zero attached hydrogens (tertiary/aromatic N) is 1. The molecule has 1 saturated carbocycles. The Morgan fingerprint density at radius 3 is 2.25 bits per heavy atom. The minimum atomic E-state index is -3.29. The summed E-state index contributed by atoms with van der Waals surface area (Å²) in [7, 11) is -6.38. The zero-order valence-electron chi connectivity index (χ0n) is 16.0. The maximum absolute atomic E-state index is 13.0. The lowest BCUT2D eigenvalue weighted by atomic mass is 9.93. The molecule has 1 aromatic carbocycles. The summed E-state index contributed by atoms with van der Waals surface area (Å²) in [5.41, 5.74) is 0. The Bertz CT molecular complexity index is 902. The van der Waals surface area contributed by atoms with E-state index in [1.165, 1.54) is 24.3 Å². The van der Waals surface area contributed by atoms with Crippen LogP contribution in [0.15, 0.2) is 29.2 Å². The van der Waals surface area contributed by atoms with E-state index in [1.807, 2.05) is 0 Å². The number of rotatable bonds is 6. The normalized spacial score (nSPS) is 22.7. The fraction of sp³-hybridized carbons (Fsp3) is 0.632. The van der Waals surface area contributed by atoms with Gasteiger partial charge in [-0.15, -0.1) is 0 Å². The molecule has 2 aliphatic rings. The molecular formula is C19H27NO6S2. The third-order valence-corrected chi connectivity index (χ3v) is 8.35. The first-order valence-corrected chi connectivity index (χ1v) is 13.3. The molecule has 7 nitrogen and oxygen atoms in total. The largest absolute Gasteiger partial charge is 0.484 e. The fourth-order valence-electron chi connectivity index (χ4n) is 4.06. The van der Waals surface area contributed by atoms with E-state index in [2.05, 4.69) is 0 Å². The number of ether oxygens (including phenoxy) is 1. The van der Waals surface area contributed by atoms with Crippen LogP contribution in [0.5, 0.6) is 5.75 Å². The third-order valence-electron chi connectivity index (χ3n) is 5.47. The monoisotopic (exact) mass is 429 g/mol. The Morgan fingerprint density at radius 1 is 1.07 bits per heavy atom. The fourth-order valence-corrected chi connectivity index (χ4v) is 6.40. The lowest BCUT2D eigenvalue weighted by molar-refractivity contribution is -0.138. The van der Waals surface area contributed by atoms with E-state index in [-0.39, 0.29) is 41.0 Å². The second-order valence-electron chi connectivity index (χ2n) is 7.68. The van der Waals surface area contributed by atoms with Gasteiger partial charge in [0.25, 0.3) is 5.91 Å². The first kappa shape index (κ1) is 21.1. The molecule has 1 amide bonds. The Balaban J connectivity index is 1.69. The van der Waals surface area contributed by atoms with Gasteiger partial charge >= 0.3 is 0 Å². The van der Waals surface area contributed by atoms with Crippen LogP contribution in [0.3, 0.4) is 0 Å². The van der Waals surface area contributed by atoms with Gasteiger partial charge in [-0.2, -0.15) is 0 Å². The van der Waals surface area contributed by atoms with Crippen molar-refractivity contribution in [2.24, 2.45) is 0 Å². The third kappa shape index (κ3) is 5.26. The summed E-state index contributed by atoms with van der Waals surface area (Å²) in [6.45, 7) is -0.189. The molecule has 3 rings (SSSR count). The summed E-state index contributed by atoms with van der Waals surface area (Å²) in [5, 5.41) is 0. The van der Waals surface area contributed by atoms with Gasteiger partial charge in [-0.25, -0.2) is 16.8 Å². The molecule has 0 spiro atoms. The minimum Gasteiger partial charge on any atom is -0.484 e. The van der Waals surface area contributed by atoms with Crippen LogP contribution in [0, 0.1) is 0 Å². The van der Waals surface area contributed by atoms with Crippen molar-refractivity contribution in [1.82, 2.24) is 4.90 Å². The van der Waals surface area contributed by atoms with Gasteiger partial charge < -0.3 is 9.64 Å². The van der Waals surface area contributed by atoms with Gasteiger partial charge in [0.15, 0.2) is 26.3 Å². The van der Waals surface area contributed by atoms with Gasteiger partial charge in [-0.3, -0.25) is 4.79 Å². The number of carbonyl (C=O) groups is 1. The van der Waals surface area contributed by atoms with Crippen molar-refractivity contribution in [2.45, 2.75) is 55.5 Å². The number of benzene rings is 1. The van der Waals surface area contributed by atoms with Crippen molar-refractivity contribution in [2.75, 3.05) is 24.4 Å². The Kier molecular flexibility index (Phi) is 6.34. The molecule has 0 aromatic heterocycles. The van der Waals surface area contributed by atoms with Crippen molar-refractivity contribution in [1.29, 1.82) is 0 Å². The molecule has 2 fully saturated rings. The van der Waals surface area contributed by atoms with E-state index in [0.29, 0.717) is 12.2 Å². The first-order valence-electron chi connectivity index (χ1n) is 9.60. The summed E-state index contributed by atoms with van der Waals surface area (Å²) in [4.78, 5) is 14.9. The predicted octanol–water partition coefficient (Wildman–Crippen LogP) is 1.82. The Labute approximate surface area is 166 Å². The van der Waals surface area contributed by atoms with E-state index >= 15 is 0 Å². The van der Waals surface area contributed by atoms with E-state index in [9.17, 15) is 21.6 Å². The van der Waals surface area contributed by atoms with Crippen molar-refractivity contribution in [3.05, 3.63) is 24.3 Å². The summed E-state index contributed by atoms with van der Waals surface area (Å²) in [6.07, 6.45) is 6.63. The van der Waals surface area contributed by atoms with Gasteiger partial charge in [0.1, 0.15) is 5.75 Å². The molecule has 1 aromatic rings. The molecule has 156 valence electrons. The first-order chi connectivity index (χ1) is 13.2. The molecule has 28 heavy (non-hydrogen) atoms. The van der Waals surface area contributed by atoms with Crippen LogP contribution in [0.1, 0.15) is 38.5 Å². The van der Waals surface area contributed by atoms with E-state index in [0.717, 1.165) is 38.4 Å². The van der Waals surface area contributed by atoms with Crippen LogP contribution >= 0.6 is 0 Å². The van der Waals surface area contributed by atoms with Crippen LogP contribution in [0.25, 0.3) is 0 Å². The van der Waals surface area contributed by atoms with Gasteiger partial charge in [0, 0.05) is 18.3 Å². The van der Waals surface area contributed by atoms with Crippen molar-refractivity contribution < 1.29 is 26.4 Å². The standard InChI is InChI=1S/C19H27NO6S2/c1-27(22,23)18-9-7-17(8-10-18)26-13-19(21)20(15-5-3-2-4-6-15)16-11-12-28(24,25)14-16/h7-10,15-16H,2-6,11-14H2,1H3. The number of carbonyl (C=O) groups excluding carboxylic acids is 1. The molecule has 1 aliphatic carbocycles. The summed E-state index contributed by atoms with van der Waals surface area (Å²) in [5.74, 6) is 0.352. The van der Waals surface area contributed by atoms with Gasteiger partial charge in [-0.1, -0.05) is 19.3 Å². The van der Waals surface area contributed by atoms with Crippen molar-refractivity contribution >= 4 is 25.6 Å². The zero-order valence-corrected chi connectivity index (χ0v) is 17.7. The van der Waals surface area contributed by atoms with Crippen LogP contribution < -0.4 is 4.74 Å². The number of sulfone groups is 2. The molecule has 0 bridgehead atoms. The van der Waals surface area contributed by atoms with E-state index < -0.39 is 19.7 Å². The Hall–Kier alpha value is -1.61. The average molecular weight is 430 g/mol. The van der Waals surface area contributed by atoms with Crippen LogP contribution in [0.4, 0.5) is 0 Å². The average Bonchev–Trinajstić information content (AvgIpc) is 3.00. The molecule has 0 radical (unpaired) electrons. The maximum atomic E-state index is 13.0. The van der Waals surface area contributed by atoms with E-state index in [4.69, 9.17) is 4.74 Å². The summed E-state index contributed by atoms with van der Waals surface area (Å²) >= 11 is 0. The number of amides is 1. The minimum absolute atomic E-state index is 0.0261. The van der Waals surface area contributed by atoms with Gasteiger partial charge in [0.2, 0.25) is 0 Å². The molecule has 1 unspecified atom stereocenters. The highest BCUT2D eigenvalue weighted by atomic mass is 32.2. The second kappa shape index (κ2) is 8.41. The molecule has 1 heterocycles. The van der Waals surface area contributed by atoms with Crippen LogP contribution in [0.2, 0.25) is 0 Å². The lowest BCUT2D eigenvalue weighted by Gasteiger charge is -2.38. The molecule has 0 N–H and O–H groups in total. The van der Waals surface area contributed by atoms with Crippen LogP contribution in [-0.4, -0.2) is 64.1 Å². The Morgan fingerprint density at radius 2 is 1.71 bits per heavy atom. The second-order valence-corrected chi connectivity index (χ2v) is 11.9. The highest BCUT2D eigenvalue weighted by Crippen LogP contribution is 2.28. The maximum Gasteiger partial charge on any atom is 0.261 e. The van der Waals surface area contributed by atoms with E-state index in [1.54, 1.807) is 4.90 Å². The van der Waals surface area contributed by atoms with Crippen molar-refractivity contribution in [3.63, 3.8) is 0 Å². The molecular weight excluding hydrogens is 402 g/mol. The van der Waals surface area contributed by atoms with Gasteiger partial charge in [0.05, 0.1) is 16.4 Å². The topological polar surface area (TPSA) is 97.8 Å². The quantitative estimate of drug-likeness (QED) is 0.684. The highest BCUT2D eigenvalue weighted by Gasteiger charge is 2.38. The number of hydrogen-bond donors (Lipinski definition) is 0. The summed E-state index contributed by atoms with van der Waals surface area (Å²) < 4.78 is 52.5.